The topological polar surface area (TPSA) is 38.1 Å². The van der Waals surface area contributed by atoms with Crippen LogP contribution in [0.5, 0.6) is 0 Å². The van der Waals surface area contributed by atoms with Crippen molar-refractivity contribution >= 4 is 11.1 Å². The van der Waals surface area contributed by atoms with Crippen molar-refractivity contribution in [2.75, 3.05) is 13.1 Å². The van der Waals surface area contributed by atoms with Crippen LogP contribution in [0.1, 0.15) is 38.1 Å². The van der Waals surface area contributed by atoms with Crippen molar-refractivity contribution in [1.82, 2.24) is 10.3 Å². The standard InChI is InChI=1S/C14H20N2O/c1-4-15-8-7-11-5-6-12-13(9-11)17-14(16-12)10(2)3/h5-6,9-10,15H,4,7-8H2,1-3H3. The van der Waals surface area contributed by atoms with E-state index in [1.807, 2.05) is 6.07 Å². The number of oxazole rings is 1. The maximum Gasteiger partial charge on any atom is 0.198 e. The molecule has 0 saturated heterocycles. The zero-order valence-corrected chi connectivity index (χ0v) is 10.8. The number of nitrogens with one attached hydrogen (secondary N) is 1. The molecule has 2 rings (SSSR count). The molecule has 0 aliphatic rings. The molecule has 1 heterocycles. The number of hydrogen-bond donors (Lipinski definition) is 1. The highest BCUT2D eigenvalue weighted by Gasteiger charge is 2.09. The highest BCUT2D eigenvalue weighted by Crippen LogP contribution is 2.22. The maximum atomic E-state index is 5.74. The first-order valence-corrected chi connectivity index (χ1v) is 6.30. The first-order chi connectivity index (χ1) is 8.20. The molecule has 17 heavy (non-hydrogen) atoms. The van der Waals surface area contributed by atoms with Crippen molar-refractivity contribution in [3.8, 4) is 0 Å². The van der Waals surface area contributed by atoms with Crippen LogP contribution in [0.2, 0.25) is 0 Å². The SMILES string of the molecule is CCNCCc1ccc2nc(C(C)C)oc2c1. The van der Waals surface area contributed by atoms with Gasteiger partial charge in [-0.3, -0.25) is 0 Å². The Balaban J connectivity index is 2.18. The van der Waals surface area contributed by atoms with E-state index < -0.39 is 0 Å². The molecule has 0 saturated carbocycles. The van der Waals surface area contributed by atoms with Gasteiger partial charge in [-0.15, -0.1) is 0 Å². The molecule has 0 amide bonds. The van der Waals surface area contributed by atoms with Gasteiger partial charge in [0, 0.05) is 5.92 Å². The zero-order valence-electron chi connectivity index (χ0n) is 10.8. The predicted molar refractivity (Wildman–Crippen MR) is 70.3 cm³/mol. The Morgan fingerprint density at radius 3 is 2.88 bits per heavy atom. The summed E-state index contributed by atoms with van der Waals surface area (Å²) in [4.78, 5) is 4.47. The number of benzene rings is 1. The van der Waals surface area contributed by atoms with Crippen LogP contribution in [0, 0.1) is 0 Å². The number of rotatable bonds is 5. The summed E-state index contributed by atoms with van der Waals surface area (Å²) in [5, 5.41) is 3.32. The number of nitrogens with zero attached hydrogens (tertiary/aromatic N) is 1. The van der Waals surface area contributed by atoms with Gasteiger partial charge in [0.1, 0.15) is 5.52 Å². The minimum Gasteiger partial charge on any atom is -0.440 e. The molecule has 3 nitrogen and oxygen atoms in total. The summed E-state index contributed by atoms with van der Waals surface area (Å²) in [7, 11) is 0. The largest absolute Gasteiger partial charge is 0.440 e. The number of hydrogen-bond acceptors (Lipinski definition) is 3. The van der Waals surface area contributed by atoms with Crippen LogP contribution >= 0.6 is 0 Å². The van der Waals surface area contributed by atoms with Gasteiger partial charge in [-0.1, -0.05) is 26.8 Å². The van der Waals surface area contributed by atoms with Crippen LogP contribution in [0.3, 0.4) is 0 Å². The molecule has 1 aromatic heterocycles. The van der Waals surface area contributed by atoms with E-state index in [1.165, 1.54) is 5.56 Å². The van der Waals surface area contributed by atoms with E-state index in [-0.39, 0.29) is 0 Å². The quantitative estimate of drug-likeness (QED) is 0.805. The third kappa shape index (κ3) is 2.86. The molecule has 1 N–H and O–H groups in total. The average Bonchev–Trinajstić information content (AvgIpc) is 2.72. The minimum atomic E-state index is 0.340. The van der Waals surface area contributed by atoms with E-state index in [0.29, 0.717) is 5.92 Å². The Kier molecular flexibility index (Phi) is 3.79. The van der Waals surface area contributed by atoms with Gasteiger partial charge < -0.3 is 9.73 Å². The van der Waals surface area contributed by atoms with Crippen LogP contribution in [-0.4, -0.2) is 18.1 Å². The Hall–Kier alpha value is -1.35. The molecular weight excluding hydrogens is 212 g/mol. The Labute approximate surface area is 102 Å². The van der Waals surface area contributed by atoms with Gasteiger partial charge in [0.2, 0.25) is 0 Å². The third-order valence-corrected chi connectivity index (χ3v) is 2.80. The number of likely N-dealkylation sites (N-methyl/N-ethyl adjacent to an activating group) is 1. The van der Waals surface area contributed by atoms with Gasteiger partial charge in [0.25, 0.3) is 0 Å². The van der Waals surface area contributed by atoms with E-state index in [4.69, 9.17) is 4.42 Å². The van der Waals surface area contributed by atoms with E-state index in [9.17, 15) is 0 Å². The molecule has 92 valence electrons. The summed E-state index contributed by atoms with van der Waals surface area (Å²) in [6.07, 6.45) is 1.03. The molecule has 0 bridgehead atoms. The third-order valence-electron chi connectivity index (χ3n) is 2.80. The fraction of sp³-hybridized carbons (Fsp3) is 0.500. The van der Waals surface area contributed by atoms with Crippen molar-refractivity contribution in [3.63, 3.8) is 0 Å². The Morgan fingerprint density at radius 2 is 2.18 bits per heavy atom. The van der Waals surface area contributed by atoms with E-state index in [0.717, 1.165) is 36.5 Å². The smallest absolute Gasteiger partial charge is 0.198 e. The molecule has 0 unspecified atom stereocenters. The molecule has 2 aromatic rings. The Morgan fingerprint density at radius 1 is 1.35 bits per heavy atom. The molecule has 0 aliphatic carbocycles. The van der Waals surface area contributed by atoms with Crippen molar-refractivity contribution in [3.05, 3.63) is 29.7 Å². The summed E-state index contributed by atoms with van der Waals surface area (Å²) < 4.78 is 5.74. The molecule has 0 aliphatic heterocycles. The van der Waals surface area contributed by atoms with Gasteiger partial charge in [-0.05, 0) is 37.2 Å². The fourth-order valence-corrected chi connectivity index (χ4v) is 1.80. The lowest BCUT2D eigenvalue weighted by Crippen LogP contribution is -2.15. The summed E-state index contributed by atoms with van der Waals surface area (Å²) in [6, 6.07) is 6.28. The summed E-state index contributed by atoms with van der Waals surface area (Å²) in [5.41, 5.74) is 3.16. The molecule has 0 radical (unpaired) electrons. The van der Waals surface area contributed by atoms with E-state index in [2.05, 4.69) is 43.2 Å². The molecular formula is C14H20N2O. The van der Waals surface area contributed by atoms with Gasteiger partial charge in [-0.25, -0.2) is 4.98 Å². The molecule has 1 aromatic carbocycles. The number of aromatic nitrogens is 1. The second-order valence-corrected chi connectivity index (χ2v) is 4.61. The second kappa shape index (κ2) is 5.32. The van der Waals surface area contributed by atoms with Crippen LogP contribution in [0.15, 0.2) is 22.6 Å². The molecule has 0 atom stereocenters. The van der Waals surface area contributed by atoms with Gasteiger partial charge in [0.05, 0.1) is 0 Å². The average molecular weight is 232 g/mol. The minimum absolute atomic E-state index is 0.340. The predicted octanol–water partition coefficient (Wildman–Crippen LogP) is 3.10. The maximum absolute atomic E-state index is 5.74. The zero-order chi connectivity index (χ0) is 12.3. The summed E-state index contributed by atoms with van der Waals surface area (Å²) >= 11 is 0. The fourth-order valence-electron chi connectivity index (χ4n) is 1.80. The molecule has 0 fully saturated rings. The molecule has 3 heteroatoms. The highest BCUT2D eigenvalue weighted by molar-refractivity contribution is 5.73. The van der Waals surface area contributed by atoms with Gasteiger partial charge in [0.15, 0.2) is 11.5 Å². The summed E-state index contributed by atoms with van der Waals surface area (Å²) in [6.45, 7) is 8.33. The number of fused-ring (bicyclic) bond motifs is 1. The van der Waals surface area contributed by atoms with Crippen molar-refractivity contribution in [2.24, 2.45) is 0 Å². The van der Waals surface area contributed by atoms with Gasteiger partial charge in [-0.2, -0.15) is 0 Å². The van der Waals surface area contributed by atoms with Crippen LogP contribution in [0.25, 0.3) is 11.1 Å². The highest BCUT2D eigenvalue weighted by atomic mass is 16.3. The van der Waals surface area contributed by atoms with Crippen LogP contribution < -0.4 is 5.32 Å². The first kappa shape index (κ1) is 12.1. The van der Waals surface area contributed by atoms with Crippen molar-refractivity contribution in [2.45, 2.75) is 33.1 Å². The van der Waals surface area contributed by atoms with Crippen LogP contribution in [0.4, 0.5) is 0 Å². The lowest BCUT2D eigenvalue weighted by molar-refractivity contribution is 0.501. The second-order valence-electron chi connectivity index (χ2n) is 4.61. The monoisotopic (exact) mass is 232 g/mol. The van der Waals surface area contributed by atoms with E-state index in [1.54, 1.807) is 0 Å². The van der Waals surface area contributed by atoms with E-state index >= 15 is 0 Å². The summed E-state index contributed by atoms with van der Waals surface area (Å²) in [5.74, 6) is 1.16. The van der Waals surface area contributed by atoms with Crippen molar-refractivity contribution in [1.29, 1.82) is 0 Å². The van der Waals surface area contributed by atoms with Crippen LogP contribution in [-0.2, 0) is 6.42 Å². The van der Waals surface area contributed by atoms with Crippen molar-refractivity contribution < 1.29 is 4.42 Å². The first-order valence-electron chi connectivity index (χ1n) is 6.30. The lowest BCUT2D eigenvalue weighted by atomic mass is 10.1. The lowest BCUT2D eigenvalue weighted by Gasteiger charge is -2.01. The Bertz CT molecular complexity index is 488. The van der Waals surface area contributed by atoms with Gasteiger partial charge >= 0.3 is 0 Å². The normalized spacial score (nSPS) is 11.5. The molecule has 0 spiro atoms.